The van der Waals surface area contributed by atoms with Gasteiger partial charge in [-0.2, -0.15) is 0 Å². The molecule has 0 aliphatic carbocycles. The van der Waals surface area contributed by atoms with Gasteiger partial charge in [0.05, 0.1) is 0 Å². The van der Waals surface area contributed by atoms with E-state index in [4.69, 9.17) is 12.3 Å². The lowest BCUT2D eigenvalue weighted by atomic mass is 10.6. The van der Waals surface area contributed by atoms with Crippen LogP contribution in [0.2, 0.25) is 72.0 Å². The van der Waals surface area contributed by atoms with E-state index < -0.39 is 42.6 Å². The van der Waals surface area contributed by atoms with Crippen LogP contribution in [0.3, 0.4) is 0 Å². The average molecular weight is 396 g/mol. The summed E-state index contributed by atoms with van der Waals surface area (Å²) in [6, 6.07) is 0. The monoisotopic (exact) mass is 395 g/mol. The van der Waals surface area contributed by atoms with Crippen molar-refractivity contribution in [3.05, 3.63) is 5.16 Å². The molecule has 0 aromatic rings. The first kappa shape index (κ1) is 23.0. The summed E-state index contributed by atoms with van der Waals surface area (Å²) in [5.74, 6) is 0. The van der Waals surface area contributed by atoms with E-state index in [0.29, 0.717) is 0 Å². The van der Waals surface area contributed by atoms with Crippen molar-refractivity contribution in [1.29, 1.82) is 0 Å². The van der Waals surface area contributed by atoms with Crippen molar-refractivity contribution in [2.75, 3.05) is 0 Å². The molecule has 0 fully saturated rings. The third-order valence-corrected chi connectivity index (χ3v) is 21.8. The lowest BCUT2D eigenvalue weighted by molar-refractivity contribution is 0.386. The summed E-state index contributed by atoms with van der Waals surface area (Å²) in [5.41, 5.74) is 0. The summed E-state index contributed by atoms with van der Waals surface area (Å²) in [6.07, 6.45) is 1.03. The van der Waals surface area contributed by atoms with Crippen molar-refractivity contribution >= 4 is 42.6 Å². The van der Waals surface area contributed by atoms with Gasteiger partial charge in [0.1, 0.15) is 0 Å². The smallest absolute Gasteiger partial charge is 0.320 e. The average Bonchev–Trinajstić information content (AvgIpc) is 2.06. The Hall–Kier alpha value is 0.964. The van der Waals surface area contributed by atoms with Crippen molar-refractivity contribution in [3.8, 4) is 0 Å². The Morgan fingerprint density at radius 3 is 1.36 bits per heavy atom. The summed E-state index contributed by atoms with van der Waals surface area (Å²) in [4.78, 5) is 0. The minimum atomic E-state index is -2.35. The van der Waals surface area contributed by atoms with E-state index in [1.807, 2.05) is 0 Å². The number of rotatable bonds is 9. The standard InChI is InChI=1S/C14H39O3Si5/c1-13-14(21(10,11)15-18(2)3)22(12,16-19(4,5)6)17-20(7,8)9/h18H,13H2,1-12H3. The van der Waals surface area contributed by atoms with Crippen molar-refractivity contribution in [3.63, 3.8) is 0 Å². The summed E-state index contributed by atoms with van der Waals surface area (Å²) in [7, 11) is -8.67. The first-order chi connectivity index (χ1) is 9.52. The highest BCUT2D eigenvalue weighted by atomic mass is 28.5. The molecule has 0 saturated carbocycles. The zero-order valence-electron chi connectivity index (χ0n) is 17.0. The van der Waals surface area contributed by atoms with Crippen LogP contribution >= 0.6 is 0 Å². The Labute approximate surface area is 145 Å². The summed E-state index contributed by atoms with van der Waals surface area (Å²) >= 11 is 0. The molecule has 0 aromatic carbocycles. The highest BCUT2D eigenvalue weighted by Crippen LogP contribution is 2.37. The Balaban J connectivity index is 5.70. The molecule has 0 aliphatic rings. The second kappa shape index (κ2) is 7.90. The molecular weight excluding hydrogens is 357 g/mol. The van der Waals surface area contributed by atoms with Crippen molar-refractivity contribution < 1.29 is 12.3 Å². The van der Waals surface area contributed by atoms with Gasteiger partial charge in [0, 0.05) is 5.16 Å². The molecule has 3 nitrogen and oxygen atoms in total. The summed E-state index contributed by atoms with van der Waals surface area (Å²) in [5, 5.41) is 1.51. The predicted molar refractivity (Wildman–Crippen MR) is 111 cm³/mol. The van der Waals surface area contributed by atoms with Gasteiger partial charge in [0.2, 0.25) is 0 Å². The Bertz CT molecular complexity index is 331. The first-order valence-corrected chi connectivity index (χ1v) is 23.3. The van der Waals surface area contributed by atoms with Crippen LogP contribution in [0.1, 0.15) is 13.3 Å². The normalized spacial score (nSPS) is 15.0. The predicted octanol–water partition coefficient (Wildman–Crippen LogP) is 5.03. The summed E-state index contributed by atoms with van der Waals surface area (Å²) in [6.45, 7) is 27.4. The topological polar surface area (TPSA) is 27.7 Å². The van der Waals surface area contributed by atoms with Crippen LogP contribution < -0.4 is 0 Å². The Morgan fingerprint density at radius 1 is 0.773 bits per heavy atom. The molecule has 0 N–H and O–H groups in total. The highest BCUT2D eigenvalue weighted by molar-refractivity contribution is 7.02. The first-order valence-electron chi connectivity index (χ1n) is 8.47. The second-order valence-corrected chi connectivity index (χ2v) is 28.6. The lowest BCUT2D eigenvalue weighted by Gasteiger charge is -2.47. The maximum Gasteiger partial charge on any atom is 0.320 e. The van der Waals surface area contributed by atoms with E-state index in [-0.39, 0.29) is 0 Å². The minimum absolute atomic E-state index is 1.03. The maximum atomic E-state index is 6.75. The molecule has 8 heteroatoms. The highest BCUT2D eigenvalue weighted by Gasteiger charge is 2.54. The van der Waals surface area contributed by atoms with E-state index in [2.05, 4.69) is 78.9 Å². The molecule has 0 heterocycles. The van der Waals surface area contributed by atoms with E-state index in [0.717, 1.165) is 6.42 Å². The zero-order chi connectivity index (χ0) is 18.0. The molecule has 0 unspecified atom stereocenters. The molecule has 0 saturated heterocycles. The Kier molecular flexibility index (Phi) is 8.24. The number of hydrogen-bond donors (Lipinski definition) is 0. The second-order valence-electron chi connectivity index (χ2n) is 8.88. The Morgan fingerprint density at radius 2 is 1.14 bits per heavy atom. The SMILES string of the molecule is CC[C]([Si](C)(C)O[SiH](C)C)[Si](C)(O[Si](C)(C)C)O[Si](C)(C)C. The van der Waals surface area contributed by atoms with E-state index in [1.54, 1.807) is 0 Å². The molecular formula is C14H39O3Si5. The zero-order valence-corrected chi connectivity index (χ0v) is 22.2. The van der Waals surface area contributed by atoms with Gasteiger partial charge in [-0.05, 0) is 78.4 Å². The van der Waals surface area contributed by atoms with Gasteiger partial charge in [0.15, 0.2) is 34.0 Å². The molecule has 0 spiro atoms. The molecule has 0 aromatic heterocycles. The molecule has 0 amide bonds. The van der Waals surface area contributed by atoms with E-state index in [1.165, 1.54) is 5.16 Å². The van der Waals surface area contributed by atoms with Gasteiger partial charge < -0.3 is 12.3 Å². The van der Waals surface area contributed by atoms with Crippen molar-refractivity contribution in [2.45, 2.75) is 85.4 Å². The fourth-order valence-electron chi connectivity index (χ4n) is 3.27. The van der Waals surface area contributed by atoms with Gasteiger partial charge >= 0.3 is 8.56 Å². The quantitative estimate of drug-likeness (QED) is 0.512. The molecule has 0 rings (SSSR count). The van der Waals surface area contributed by atoms with Gasteiger partial charge in [-0.15, -0.1) is 0 Å². The van der Waals surface area contributed by atoms with Crippen LogP contribution in [0.25, 0.3) is 0 Å². The lowest BCUT2D eigenvalue weighted by Crippen LogP contribution is -2.63. The van der Waals surface area contributed by atoms with Crippen LogP contribution in [0.4, 0.5) is 0 Å². The minimum Gasteiger partial charge on any atom is -0.458 e. The number of hydrogen-bond acceptors (Lipinski definition) is 3. The van der Waals surface area contributed by atoms with Crippen LogP contribution in [-0.2, 0) is 12.3 Å². The fraction of sp³-hybridized carbons (Fsp3) is 0.929. The molecule has 133 valence electrons. The summed E-state index contributed by atoms with van der Waals surface area (Å²) < 4.78 is 20.0. The van der Waals surface area contributed by atoms with Gasteiger partial charge in [-0.25, -0.2) is 0 Å². The van der Waals surface area contributed by atoms with Crippen LogP contribution in [0.15, 0.2) is 0 Å². The van der Waals surface area contributed by atoms with Crippen molar-refractivity contribution in [2.24, 2.45) is 0 Å². The van der Waals surface area contributed by atoms with Gasteiger partial charge in [0.25, 0.3) is 0 Å². The molecule has 0 aliphatic heterocycles. The fourth-order valence-corrected chi connectivity index (χ4v) is 26.7. The third kappa shape index (κ3) is 8.18. The van der Waals surface area contributed by atoms with E-state index >= 15 is 0 Å². The van der Waals surface area contributed by atoms with Gasteiger partial charge in [-0.3, -0.25) is 0 Å². The van der Waals surface area contributed by atoms with Crippen LogP contribution in [-0.4, -0.2) is 42.6 Å². The molecule has 0 bridgehead atoms. The van der Waals surface area contributed by atoms with E-state index in [9.17, 15) is 0 Å². The molecule has 1 radical (unpaired) electrons. The third-order valence-electron chi connectivity index (χ3n) is 3.16. The van der Waals surface area contributed by atoms with Crippen molar-refractivity contribution in [1.82, 2.24) is 0 Å². The molecule has 0 atom stereocenters. The maximum absolute atomic E-state index is 6.75. The van der Waals surface area contributed by atoms with Gasteiger partial charge in [-0.1, -0.05) is 6.92 Å². The van der Waals surface area contributed by atoms with Crippen LogP contribution in [0, 0.1) is 5.16 Å². The largest absolute Gasteiger partial charge is 0.458 e. The molecule has 22 heavy (non-hydrogen) atoms. The van der Waals surface area contributed by atoms with Crippen LogP contribution in [0.5, 0.6) is 0 Å².